The second kappa shape index (κ2) is 6.10. The average molecular weight is 318 g/mol. The van der Waals surface area contributed by atoms with Gasteiger partial charge < -0.3 is 5.11 Å². The molecule has 3 heteroatoms. The molecule has 0 saturated carbocycles. The van der Waals surface area contributed by atoms with Gasteiger partial charge in [-0.2, -0.15) is 0 Å². The van der Waals surface area contributed by atoms with Crippen LogP contribution in [0.25, 0.3) is 0 Å². The van der Waals surface area contributed by atoms with Crippen LogP contribution in [0.4, 0.5) is 0 Å². The summed E-state index contributed by atoms with van der Waals surface area (Å²) in [5.74, 6) is -0.452. The molecule has 1 N–H and O–H groups in total. The smallest absolute Gasteiger partial charge is 0.303 e. The molecule has 1 atom stereocenters. The zero-order chi connectivity index (χ0) is 11.3. The number of benzene rings is 1. The molecule has 0 amide bonds. The first kappa shape index (κ1) is 12.5. The monoisotopic (exact) mass is 318 g/mol. The molecular formula is C12H15IO2. The van der Waals surface area contributed by atoms with Gasteiger partial charge in [-0.1, -0.05) is 19.1 Å². The minimum atomic E-state index is -0.704. The number of carboxylic acids is 1. The average Bonchev–Trinajstić information content (AvgIpc) is 2.16. The predicted octanol–water partition coefficient (Wildman–Crippen LogP) is 3.33. The maximum Gasteiger partial charge on any atom is 0.303 e. The van der Waals surface area contributed by atoms with E-state index in [-0.39, 0.29) is 12.3 Å². The summed E-state index contributed by atoms with van der Waals surface area (Å²) in [4.78, 5) is 10.5. The lowest BCUT2D eigenvalue weighted by molar-refractivity contribution is -0.138. The number of aryl methyl sites for hydroxylation is 1. The van der Waals surface area contributed by atoms with E-state index in [4.69, 9.17) is 5.11 Å². The molecule has 1 rings (SSSR count). The second-order valence-corrected chi connectivity index (χ2v) is 5.11. The quantitative estimate of drug-likeness (QED) is 0.846. The predicted molar refractivity (Wildman–Crippen MR) is 68.9 cm³/mol. The summed E-state index contributed by atoms with van der Waals surface area (Å²) in [5, 5.41) is 8.62. The highest BCUT2D eigenvalue weighted by atomic mass is 127. The molecule has 0 aliphatic carbocycles. The lowest BCUT2D eigenvalue weighted by Gasteiger charge is -2.08. The van der Waals surface area contributed by atoms with Gasteiger partial charge >= 0.3 is 5.97 Å². The number of hydrogen-bond acceptors (Lipinski definition) is 1. The van der Waals surface area contributed by atoms with Crippen molar-refractivity contribution in [2.24, 2.45) is 5.92 Å². The van der Waals surface area contributed by atoms with Crippen LogP contribution in [0.15, 0.2) is 24.3 Å². The van der Waals surface area contributed by atoms with E-state index in [1.807, 2.05) is 6.92 Å². The standard InChI is InChI=1S/C12H15IO2/c1-9(8-12(14)15)2-3-10-4-6-11(13)7-5-10/h4-7,9H,2-3,8H2,1H3,(H,14,15). The summed E-state index contributed by atoms with van der Waals surface area (Å²) in [6, 6.07) is 8.38. The number of halogens is 1. The molecule has 82 valence electrons. The Balaban J connectivity index is 2.36. The molecule has 1 aromatic rings. The van der Waals surface area contributed by atoms with Crippen LogP contribution in [0, 0.1) is 9.49 Å². The maximum absolute atomic E-state index is 10.5. The SMILES string of the molecule is CC(CCc1ccc(I)cc1)CC(=O)O. The van der Waals surface area contributed by atoms with E-state index in [1.54, 1.807) is 0 Å². The van der Waals surface area contributed by atoms with Gasteiger partial charge in [-0.15, -0.1) is 0 Å². The van der Waals surface area contributed by atoms with Crippen molar-refractivity contribution in [2.75, 3.05) is 0 Å². The van der Waals surface area contributed by atoms with Crippen LogP contribution in [0.2, 0.25) is 0 Å². The van der Waals surface area contributed by atoms with Gasteiger partial charge in [-0.25, -0.2) is 0 Å². The fourth-order valence-corrected chi connectivity index (χ4v) is 1.82. The molecule has 0 aliphatic heterocycles. The van der Waals surface area contributed by atoms with E-state index in [0.717, 1.165) is 12.8 Å². The summed E-state index contributed by atoms with van der Waals surface area (Å²) < 4.78 is 1.23. The molecule has 1 aromatic carbocycles. The minimum Gasteiger partial charge on any atom is -0.481 e. The Labute approximate surface area is 104 Å². The van der Waals surface area contributed by atoms with Gasteiger partial charge in [-0.05, 0) is 59.0 Å². The third kappa shape index (κ3) is 5.16. The van der Waals surface area contributed by atoms with Crippen molar-refractivity contribution in [1.29, 1.82) is 0 Å². The zero-order valence-corrected chi connectivity index (χ0v) is 10.9. The Morgan fingerprint density at radius 2 is 2.00 bits per heavy atom. The first-order chi connectivity index (χ1) is 7.08. The van der Waals surface area contributed by atoms with E-state index in [2.05, 4.69) is 46.9 Å². The van der Waals surface area contributed by atoms with Crippen molar-refractivity contribution < 1.29 is 9.90 Å². The van der Waals surface area contributed by atoms with Crippen LogP contribution in [-0.2, 0) is 11.2 Å². The van der Waals surface area contributed by atoms with Gasteiger partial charge in [0.15, 0.2) is 0 Å². The van der Waals surface area contributed by atoms with Gasteiger partial charge in [0.2, 0.25) is 0 Å². The Morgan fingerprint density at radius 3 is 2.53 bits per heavy atom. The van der Waals surface area contributed by atoms with E-state index in [0.29, 0.717) is 0 Å². The third-order valence-electron chi connectivity index (χ3n) is 2.36. The molecule has 0 radical (unpaired) electrons. The van der Waals surface area contributed by atoms with Crippen molar-refractivity contribution in [3.05, 3.63) is 33.4 Å². The number of carbonyl (C=O) groups is 1. The van der Waals surface area contributed by atoms with Crippen molar-refractivity contribution in [2.45, 2.75) is 26.2 Å². The van der Waals surface area contributed by atoms with Gasteiger partial charge in [-0.3, -0.25) is 4.79 Å². The third-order valence-corrected chi connectivity index (χ3v) is 3.08. The zero-order valence-electron chi connectivity index (χ0n) is 8.74. The minimum absolute atomic E-state index is 0.252. The second-order valence-electron chi connectivity index (χ2n) is 3.87. The molecule has 0 bridgehead atoms. The molecule has 0 aliphatic rings. The fraction of sp³-hybridized carbons (Fsp3) is 0.417. The van der Waals surface area contributed by atoms with E-state index >= 15 is 0 Å². The number of carboxylic acid groups (broad SMARTS) is 1. The highest BCUT2D eigenvalue weighted by molar-refractivity contribution is 14.1. The van der Waals surface area contributed by atoms with Gasteiger partial charge in [0.05, 0.1) is 0 Å². The Kier molecular flexibility index (Phi) is 5.08. The fourth-order valence-electron chi connectivity index (χ4n) is 1.46. The van der Waals surface area contributed by atoms with Gasteiger partial charge in [0.25, 0.3) is 0 Å². The van der Waals surface area contributed by atoms with E-state index in [1.165, 1.54) is 9.13 Å². The lowest BCUT2D eigenvalue weighted by atomic mass is 9.98. The van der Waals surface area contributed by atoms with Crippen molar-refractivity contribution in [3.63, 3.8) is 0 Å². The molecule has 15 heavy (non-hydrogen) atoms. The number of hydrogen-bond donors (Lipinski definition) is 1. The van der Waals surface area contributed by atoms with Gasteiger partial charge in [0, 0.05) is 9.99 Å². The van der Waals surface area contributed by atoms with E-state index < -0.39 is 5.97 Å². The largest absolute Gasteiger partial charge is 0.481 e. The van der Waals surface area contributed by atoms with Gasteiger partial charge in [0.1, 0.15) is 0 Å². The van der Waals surface area contributed by atoms with Crippen LogP contribution in [0.1, 0.15) is 25.3 Å². The molecular weight excluding hydrogens is 303 g/mol. The van der Waals surface area contributed by atoms with Crippen LogP contribution in [0.3, 0.4) is 0 Å². The maximum atomic E-state index is 10.5. The van der Waals surface area contributed by atoms with Crippen LogP contribution < -0.4 is 0 Å². The molecule has 1 unspecified atom stereocenters. The van der Waals surface area contributed by atoms with Crippen molar-refractivity contribution in [3.8, 4) is 0 Å². The summed E-state index contributed by atoms with van der Waals surface area (Å²) in [7, 11) is 0. The number of rotatable bonds is 5. The molecule has 0 fully saturated rings. The Bertz CT molecular complexity index is 319. The van der Waals surface area contributed by atoms with E-state index in [9.17, 15) is 4.79 Å². The van der Waals surface area contributed by atoms with Crippen LogP contribution >= 0.6 is 22.6 Å². The number of aliphatic carboxylic acids is 1. The summed E-state index contributed by atoms with van der Waals surface area (Å²) in [6.07, 6.45) is 2.17. The first-order valence-electron chi connectivity index (χ1n) is 5.04. The Morgan fingerprint density at radius 1 is 1.40 bits per heavy atom. The molecule has 2 nitrogen and oxygen atoms in total. The first-order valence-corrected chi connectivity index (χ1v) is 6.12. The topological polar surface area (TPSA) is 37.3 Å². The Hall–Kier alpha value is -0.580. The van der Waals surface area contributed by atoms with Crippen molar-refractivity contribution in [1.82, 2.24) is 0 Å². The lowest BCUT2D eigenvalue weighted by Crippen LogP contribution is -2.05. The van der Waals surface area contributed by atoms with Crippen LogP contribution in [-0.4, -0.2) is 11.1 Å². The van der Waals surface area contributed by atoms with Crippen LogP contribution in [0.5, 0.6) is 0 Å². The molecule has 0 saturated heterocycles. The summed E-state index contributed by atoms with van der Waals surface area (Å²) >= 11 is 2.28. The molecule has 0 heterocycles. The summed E-state index contributed by atoms with van der Waals surface area (Å²) in [6.45, 7) is 1.99. The molecule has 0 spiro atoms. The summed E-state index contributed by atoms with van der Waals surface area (Å²) in [5.41, 5.74) is 1.28. The highest BCUT2D eigenvalue weighted by Crippen LogP contribution is 2.14. The highest BCUT2D eigenvalue weighted by Gasteiger charge is 2.07. The van der Waals surface area contributed by atoms with Crippen molar-refractivity contribution >= 4 is 28.6 Å². The normalized spacial score (nSPS) is 12.4. The molecule has 0 aromatic heterocycles.